The van der Waals surface area contributed by atoms with E-state index in [2.05, 4.69) is 169 Å². The summed E-state index contributed by atoms with van der Waals surface area (Å²) < 4.78 is 7.89. The predicted octanol–water partition coefficient (Wildman–Crippen LogP) is 12.0. The number of benzene rings is 5. The van der Waals surface area contributed by atoms with E-state index < -0.39 is 13.3 Å². The summed E-state index contributed by atoms with van der Waals surface area (Å²) in [5, 5.41) is 2.21. The largest absolute Gasteiger partial charge is 0 e. The summed E-state index contributed by atoms with van der Waals surface area (Å²) in [5.74, 6) is 7.61. The third-order valence-corrected chi connectivity index (χ3v) is 13.3. The molecule has 0 saturated carbocycles. The van der Waals surface area contributed by atoms with Crippen molar-refractivity contribution in [1.29, 1.82) is 0 Å². The standard InChI is InChI=1S/C26H20NO.C20H20GeN.Ir/c1-17(2)19-14-15-27-24(16-19)23-13-7-12-22-21-11-6-10-20(25(21)28-26(22)23)18-8-4-3-5-9-18;1-21(2,3)19-12-13-20(22-15-19)18-11-7-10-17(14-18)16-8-5-4-6-9-16;/h3-12,14-17H,1-2H3;4-10,12-15H,1-3H3;/q2*-1;. The number of aromatic nitrogens is 2. The molecule has 0 atom stereocenters. The van der Waals surface area contributed by atoms with E-state index in [-0.39, 0.29) is 20.1 Å². The summed E-state index contributed by atoms with van der Waals surface area (Å²) in [5.41, 5.74) is 11.5. The topological polar surface area (TPSA) is 38.9 Å². The van der Waals surface area contributed by atoms with Crippen LogP contribution < -0.4 is 4.40 Å². The number of para-hydroxylation sites is 1. The molecule has 3 aromatic heterocycles. The van der Waals surface area contributed by atoms with E-state index in [0.717, 1.165) is 55.6 Å². The molecule has 0 aliphatic carbocycles. The van der Waals surface area contributed by atoms with Gasteiger partial charge in [-0.3, -0.25) is 0 Å². The zero-order valence-corrected chi connectivity index (χ0v) is 34.1. The van der Waals surface area contributed by atoms with E-state index in [0.29, 0.717) is 5.92 Å². The van der Waals surface area contributed by atoms with E-state index in [9.17, 15) is 0 Å². The maximum atomic E-state index is 6.45. The van der Waals surface area contributed by atoms with Gasteiger partial charge < -0.3 is 9.40 Å². The van der Waals surface area contributed by atoms with Crippen LogP contribution in [0.2, 0.25) is 17.3 Å². The Morgan fingerprint density at radius 2 is 1.31 bits per heavy atom. The minimum Gasteiger partial charge on any atom is 0 e. The molecule has 0 amide bonds. The predicted molar refractivity (Wildman–Crippen MR) is 212 cm³/mol. The van der Waals surface area contributed by atoms with Gasteiger partial charge in [-0.05, 0) is 23.2 Å². The molecule has 0 saturated heterocycles. The average molecular weight is 902 g/mol. The number of hydrogen-bond donors (Lipinski definition) is 0. The van der Waals surface area contributed by atoms with Gasteiger partial charge in [0.2, 0.25) is 0 Å². The third-order valence-electron chi connectivity index (χ3n) is 9.06. The first kappa shape index (κ1) is 36.2. The second-order valence-corrected chi connectivity index (χ2v) is 24.6. The van der Waals surface area contributed by atoms with Crippen molar-refractivity contribution < 1.29 is 24.5 Å². The normalized spacial score (nSPS) is 11.3. The molecule has 0 aliphatic rings. The molecule has 8 rings (SSSR count). The van der Waals surface area contributed by atoms with Gasteiger partial charge in [-0.1, -0.05) is 85.0 Å². The molecule has 0 unspecified atom stereocenters. The van der Waals surface area contributed by atoms with Crippen LogP contribution in [-0.4, -0.2) is 23.2 Å². The smallest absolute Gasteiger partial charge is 0 e. The minimum atomic E-state index is -1.79. The molecular weight excluding hydrogens is 861 g/mol. The molecule has 3 nitrogen and oxygen atoms in total. The first-order valence-electron chi connectivity index (χ1n) is 17.2. The molecule has 0 aliphatic heterocycles. The average Bonchev–Trinajstić information content (AvgIpc) is 3.55. The Hall–Kier alpha value is -4.61. The monoisotopic (exact) mass is 903 g/mol. The number of pyridine rings is 2. The van der Waals surface area contributed by atoms with Crippen molar-refractivity contribution in [2.75, 3.05) is 0 Å². The van der Waals surface area contributed by atoms with Gasteiger partial charge in [0.1, 0.15) is 5.58 Å². The third kappa shape index (κ3) is 8.00. The molecule has 8 aromatic rings. The molecule has 51 heavy (non-hydrogen) atoms. The van der Waals surface area contributed by atoms with Gasteiger partial charge in [0.15, 0.2) is 0 Å². The van der Waals surface area contributed by atoms with Gasteiger partial charge in [0.25, 0.3) is 0 Å². The van der Waals surface area contributed by atoms with Crippen LogP contribution in [-0.2, 0) is 20.1 Å². The number of hydrogen-bond acceptors (Lipinski definition) is 3. The van der Waals surface area contributed by atoms with Gasteiger partial charge in [-0.25, -0.2) is 0 Å². The molecule has 0 spiro atoms. The van der Waals surface area contributed by atoms with Gasteiger partial charge in [-0.2, -0.15) is 0 Å². The molecule has 5 heteroatoms. The Labute approximate surface area is 317 Å². The Morgan fingerprint density at radius 3 is 2.00 bits per heavy atom. The van der Waals surface area contributed by atoms with Crippen molar-refractivity contribution in [2.45, 2.75) is 37.0 Å². The van der Waals surface area contributed by atoms with Crippen LogP contribution in [0.15, 0.2) is 150 Å². The Bertz CT molecular complexity index is 2380. The van der Waals surface area contributed by atoms with Gasteiger partial charge in [0, 0.05) is 37.3 Å². The van der Waals surface area contributed by atoms with Crippen LogP contribution in [0.5, 0.6) is 0 Å². The summed E-state index contributed by atoms with van der Waals surface area (Å²) in [6.45, 7) is 4.38. The second-order valence-electron chi connectivity index (χ2n) is 13.9. The van der Waals surface area contributed by atoms with Crippen LogP contribution in [0, 0.1) is 12.1 Å². The summed E-state index contributed by atoms with van der Waals surface area (Å²) >= 11 is -1.79. The first-order chi connectivity index (χ1) is 24.3. The Balaban J connectivity index is 0.000000178. The summed E-state index contributed by atoms with van der Waals surface area (Å²) in [7, 11) is 0. The molecule has 0 N–H and O–H groups in total. The van der Waals surface area contributed by atoms with Crippen LogP contribution in [0.25, 0.3) is 66.7 Å². The van der Waals surface area contributed by atoms with Crippen molar-refractivity contribution in [1.82, 2.24) is 9.97 Å². The zero-order valence-electron chi connectivity index (χ0n) is 29.6. The fourth-order valence-electron chi connectivity index (χ4n) is 6.16. The first-order valence-corrected chi connectivity index (χ1v) is 24.5. The molecule has 5 aromatic carbocycles. The van der Waals surface area contributed by atoms with E-state index in [4.69, 9.17) is 4.42 Å². The number of nitrogens with zero attached hydrogens (tertiary/aromatic N) is 2. The van der Waals surface area contributed by atoms with Crippen LogP contribution in [0.4, 0.5) is 0 Å². The zero-order chi connectivity index (χ0) is 34.7. The van der Waals surface area contributed by atoms with Gasteiger partial charge in [-0.15, -0.1) is 18.2 Å². The fraction of sp³-hybridized carbons (Fsp3) is 0.130. The van der Waals surface area contributed by atoms with E-state index in [1.165, 1.54) is 21.1 Å². The second kappa shape index (κ2) is 15.7. The number of rotatable bonds is 6. The Morgan fingerprint density at radius 1 is 0.608 bits per heavy atom. The fourth-order valence-corrected chi connectivity index (χ4v) is 8.33. The van der Waals surface area contributed by atoms with Crippen molar-refractivity contribution in [2.24, 2.45) is 0 Å². The van der Waals surface area contributed by atoms with Gasteiger partial charge in [0.05, 0.1) is 5.58 Å². The van der Waals surface area contributed by atoms with Crippen molar-refractivity contribution in [3.8, 4) is 44.8 Å². The number of furan rings is 1. The summed E-state index contributed by atoms with van der Waals surface area (Å²) in [4.78, 5) is 9.27. The van der Waals surface area contributed by atoms with Crippen LogP contribution in [0.1, 0.15) is 25.3 Å². The Kier molecular flexibility index (Phi) is 11.2. The van der Waals surface area contributed by atoms with Gasteiger partial charge >= 0.3 is 135 Å². The molecule has 255 valence electrons. The minimum absolute atomic E-state index is 0. The molecular formula is C46H40GeIrN2O-2. The summed E-state index contributed by atoms with van der Waals surface area (Å²) in [6, 6.07) is 52.6. The summed E-state index contributed by atoms with van der Waals surface area (Å²) in [6.07, 6.45) is 3.92. The molecule has 3 heterocycles. The molecule has 0 bridgehead atoms. The van der Waals surface area contributed by atoms with E-state index >= 15 is 0 Å². The van der Waals surface area contributed by atoms with Crippen LogP contribution in [0.3, 0.4) is 0 Å². The van der Waals surface area contributed by atoms with Crippen molar-refractivity contribution in [3.05, 3.63) is 164 Å². The molecule has 0 fully saturated rings. The maximum absolute atomic E-state index is 6.45. The van der Waals surface area contributed by atoms with Crippen molar-refractivity contribution in [3.63, 3.8) is 0 Å². The van der Waals surface area contributed by atoms with E-state index in [1.54, 1.807) is 0 Å². The number of fused-ring (bicyclic) bond motifs is 3. The quantitative estimate of drug-likeness (QED) is 0.123. The van der Waals surface area contributed by atoms with E-state index in [1.807, 2.05) is 30.5 Å². The van der Waals surface area contributed by atoms with Crippen LogP contribution >= 0.6 is 0 Å². The molecule has 1 radical (unpaired) electrons. The van der Waals surface area contributed by atoms with Crippen molar-refractivity contribution >= 4 is 39.6 Å². The maximum Gasteiger partial charge on any atom is 0 e. The SMILES string of the molecule is CC(C)c1ccnc(-c2[c-]ccc3c2oc2c(-c4ccccc4)cccc23)c1.[CH3][Ge]([CH3])([CH3])[c]1ccc(-c2[c-]ccc(-c3ccccc3)c2)nc1.[Ir].